The van der Waals surface area contributed by atoms with E-state index in [9.17, 15) is 0 Å². The fourth-order valence-corrected chi connectivity index (χ4v) is 1.76. The second kappa shape index (κ2) is 2.13. The predicted molar refractivity (Wildman–Crippen MR) is 45.2 cm³/mol. The maximum atomic E-state index is 9.09. The van der Waals surface area contributed by atoms with Crippen LogP contribution in [0.5, 0.6) is 11.5 Å². The number of phenolic OH excluding ortho intramolecular Hbond substituents is 2. The zero-order chi connectivity index (χ0) is 7.84. The third-order valence-corrected chi connectivity index (χ3v) is 2.35. The van der Waals surface area contributed by atoms with Crippen molar-refractivity contribution >= 4 is 22.1 Å². The fourth-order valence-electron chi connectivity index (χ4n) is 0.994. The lowest BCUT2D eigenvalue weighted by molar-refractivity contribution is 0.405. The van der Waals surface area contributed by atoms with E-state index in [1.807, 2.05) is 10.8 Å². The highest BCUT2D eigenvalue weighted by molar-refractivity contribution is 7.09. The first-order chi connectivity index (χ1) is 5.27. The van der Waals surface area contributed by atoms with E-state index in [1.54, 1.807) is 23.5 Å². The van der Waals surface area contributed by atoms with Crippen LogP contribution in [-0.2, 0) is 0 Å². The van der Waals surface area contributed by atoms with Crippen LogP contribution in [0.1, 0.15) is 0 Å². The molecule has 56 valence electrons. The molecule has 2 rings (SSSR count). The molecule has 0 aliphatic rings. The molecule has 0 saturated carbocycles. The van der Waals surface area contributed by atoms with Gasteiger partial charge in [0.15, 0.2) is 11.5 Å². The van der Waals surface area contributed by atoms with Gasteiger partial charge >= 0.3 is 0 Å². The number of thiophene rings is 1. The number of fused-ring (bicyclic) bond motifs is 1. The molecule has 0 spiro atoms. The van der Waals surface area contributed by atoms with Gasteiger partial charge in [-0.15, -0.1) is 0 Å². The molecule has 0 fully saturated rings. The molecule has 0 radical (unpaired) electrons. The van der Waals surface area contributed by atoms with E-state index in [0.29, 0.717) is 0 Å². The minimum Gasteiger partial charge on any atom is -0.504 e. The molecule has 11 heavy (non-hydrogen) atoms. The minimum absolute atomic E-state index is 0.0594. The first kappa shape index (κ1) is 6.49. The first-order valence-electron chi connectivity index (χ1n) is 3.15. The van der Waals surface area contributed by atoms with Crippen LogP contribution in [0.3, 0.4) is 0 Å². The zero-order valence-corrected chi connectivity index (χ0v) is 6.43. The molecule has 0 amide bonds. The van der Waals surface area contributed by atoms with Gasteiger partial charge in [-0.25, -0.2) is 0 Å². The molecule has 0 unspecified atom stereocenters. The Balaban J connectivity index is 2.86. The van der Waals surface area contributed by atoms with Crippen LogP contribution in [0.15, 0.2) is 22.9 Å². The normalized spacial score (nSPS) is 10.5. The van der Waals surface area contributed by atoms with Crippen molar-refractivity contribution in [3.05, 3.63) is 22.9 Å². The Morgan fingerprint density at radius 1 is 0.909 bits per heavy atom. The van der Waals surface area contributed by atoms with E-state index in [-0.39, 0.29) is 11.5 Å². The molecular formula is C8H6O2S. The van der Waals surface area contributed by atoms with Crippen molar-refractivity contribution in [1.29, 1.82) is 0 Å². The van der Waals surface area contributed by atoms with Gasteiger partial charge < -0.3 is 10.2 Å². The SMILES string of the molecule is Oc1cc2cscc2cc1O. The van der Waals surface area contributed by atoms with Crippen molar-refractivity contribution in [2.75, 3.05) is 0 Å². The molecule has 3 heteroatoms. The summed E-state index contributed by atoms with van der Waals surface area (Å²) in [5.74, 6) is -0.119. The van der Waals surface area contributed by atoms with Crippen molar-refractivity contribution in [3.63, 3.8) is 0 Å². The minimum atomic E-state index is -0.0594. The van der Waals surface area contributed by atoms with E-state index in [0.717, 1.165) is 10.8 Å². The smallest absolute Gasteiger partial charge is 0.158 e. The van der Waals surface area contributed by atoms with E-state index in [2.05, 4.69) is 0 Å². The van der Waals surface area contributed by atoms with Gasteiger partial charge in [-0.1, -0.05) is 0 Å². The Bertz CT molecular complexity index is 356. The van der Waals surface area contributed by atoms with Crippen molar-refractivity contribution in [1.82, 2.24) is 0 Å². The van der Waals surface area contributed by atoms with Gasteiger partial charge in [0, 0.05) is 0 Å². The maximum Gasteiger partial charge on any atom is 0.158 e. The topological polar surface area (TPSA) is 40.5 Å². The largest absolute Gasteiger partial charge is 0.504 e. The van der Waals surface area contributed by atoms with Crippen molar-refractivity contribution < 1.29 is 10.2 Å². The van der Waals surface area contributed by atoms with E-state index in [1.165, 1.54) is 0 Å². The van der Waals surface area contributed by atoms with Gasteiger partial charge in [0.1, 0.15) is 0 Å². The molecule has 2 N–H and O–H groups in total. The van der Waals surface area contributed by atoms with Crippen LogP contribution in [0.25, 0.3) is 10.8 Å². The summed E-state index contributed by atoms with van der Waals surface area (Å²) in [6.45, 7) is 0. The molecule has 0 atom stereocenters. The molecular weight excluding hydrogens is 160 g/mol. The molecule has 0 aliphatic heterocycles. The Hall–Kier alpha value is -1.22. The summed E-state index contributed by atoms with van der Waals surface area (Å²) in [5, 5.41) is 24.0. The Morgan fingerprint density at radius 2 is 1.36 bits per heavy atom. The Labute approximate surface area is 67.3 Å². The van der Waals surface area contributed by atoms with Gasteiger partial charge in [0.05, 0.1) is 0 Å². The summed E-state index contributed by atoms with van der Waals surface area (Å²) >= 11 is 1.55. The van der Waals surface area contributed by atoms with Crippen LogP contribution < -0.4 is 0 Å². The molecule has 2 nitrogen and oxygen atoms in total. The van der Waals surface area contributed by atoms with Crippen molar-refractivity contribution in [2.24, 2.45) is 0 Å². The van der Waals surface area contributed by atoms with Gasteiger partial charge in [0.25, 0.3) is 0 Å². The quantitative estimate of drug-likeness (QED) is 0.589. The Kier molecular flexibility index (Phi) is 1.26. The van der Waals surface area contributed by atoms with Crippen LogP contribution >= 0.6 is 11.3 Å². The van der Waals surface area contributed by atoms with Crippen LogP contribution in [0.2, 0.25) is 0 Å². The van der Waals surface area contributed by atoms with E-state index < -0.39 is 0 Å². The molecule has 0 bridgehead atoms. The number of rotatable bonds is 0. The highest BCUT2D eigenvalue weighted by Gasteiger charge is 2.01. The molecule has 1 heterocycles. The lowest BCUT2D eigenvalue weighted by atomic mass is 10.2. The molecule has 1 aromatic carbocycles. The zero-order valence-electron chi connectivity index (χ0n) is 5.61. The molecule has 0 saturated heterocycles. The summed E-state index contributed by atoms with van der Waals surface area (Å²) in [4.78, 5) is 0. The summed E-state index contributed by atoms with van der Waals surface area (Å²) in [5.41, 5.74) is 0. The number of aromatic hydroxyl groups is 2. The lowest BCUT2D eigenvalue weighted by Gasteiger charge is -1.95. The van der Waals surface area contributed by atoms with Gasteiger partial charge in [0.2, 0.25) is 0 Å². The number of hydrogen-bond acceptors (Lipinski definition) is 3. The van der Waals surface area contributed by atoms with Gasteiger partial charge in [-0.3, -0.25) is 0 Å². The number of hydrogen-bond donors (Lipinski definition) is 2. The number of phenols is 2. The second-order valence-electron chi connectivity index (χ2n) is 2.34. The average molecular weight is 166 g/mol. The second-order valence-corrected chi connectivity index (χ2v) is 3.09. The van der Waals surface area contributed by atoms with Gasteiger partial charge in [-0.2, -0.15) is 11.3 Å². The monoisotopic (exact) mass is 166 g/mol. The highest BCUT2D eigenvalue weighted by atomic mass is 32.1. The van der Waals surface area contributed by atoms with Crippen molar-refractivity contribution in [3.8, 4) is 11.5 Å². The maximum absolute atomic E-state index is 9.09. The van der Waals surface area contributed by atoms with Crippen LogP contribution in [-0.4, -0.2) is 10.2 Å². The molecule has 0 aliphatic carbocycles. The summed E-state index contributed by atoms with van der Waals surface area (Å²) in [6.07, 6.45) is 0. The lowest BCUT2D eigenvalue weighted by Crippen LogP contribution is -1.67. The summed E-state index contributed by atoms with van der Waals surface area (Å²) < 4.78 is 0. The highest BCUT2D eigenvalue weighted by Crippen LogP contribution is 2.31. The number of benzene rings is 1. The Morgan fingerprint density at radius 3 is 1.82 bits per heavy atom. The first-order valence-corrected chi connectivity index (χ1v) is 4.09. The van der Waals surface area contributed by atoms with Gasteiger partial charge in [-0.05, 0) is 33.7 Å². The third-order valence-electron chi connectivity index (χ3n) is 1.57. The molecule has 1 aromatic heterocycles. The summed E-state index contributed by atoms with van der Waals surface area (Å²) in [7, 11) is 0. The standard InChI is InChI=1S/C8H6O2S/c9-7-1-5-3-11-4-6(5)2-8(7)10/h1-4,9-10H. The fraction of sp³-hybridized carbons (Fsp3) is 0. The van der Waals surface area contributed by atoms with E-state index in [4.69, 9.17) is 10.2 Å². The summed E-state index contributed by atoms with van der Waals surface area (Å²) in [6, 6.07) is 3.11. The average Bonchev–Trinajstić information content (AvgIpc) is 2.36. The van der Waals surface area contributed by atoms with E-state index >= 15 is 0 Å². The van der Waals surface area contributed by atoms with Crippen LogP contribution in [0.4, 0.5) is 0 Å². The predicted octanol–water partition coefficient (Wildman–Crippen LogP) is 2.31. The third kappa shape index (κ3) is 0.935. The van der Waals surface area contributed by atoms with Crippen LogP contribution in [0, 0.1) is 0 Å². The molecule has 2 aromatic rings. The van der Waals surface area contributed by atoms with Crippen molar-refractivity contribution in [2.45, 2.75) is 0 Å².